The maximum absolute atomic E-state index is 3.84. The highest BCUT2D eigenvalue weighted by Crippen LogP contribution is 2.38. The lowest BCUT2D eigenvalue weighted by atomic mass is 9.83. The summed E-state index contributed by atoms with van der Waals surface area (Å²) in [4.78, 5) is 2.75. The van der Waals surface area contributed by atoms with Crippen molar-refractivity contribution in [3.05, 3.63) is 35.4 Å². The number of aryl methyl sites for hydroxylation is 1. The van der Waals surface area contributed by atoms with E-state index in [1.54, 1.807) is 11.1 Å². The smallest absolute Gasteiger partial charge is 0.0481 e. The lowest BCUT2D eigenvalue weighted by Gasteiger charge is -2.40. The van der Waals surface area contributed by atoms with Gasteiger partial charge in [0, 0.05) is 18.6 Å². The van der Waals surface area contributed by atoms with Crippen molar-refractivity contribution in [3.8, 4) is 0 Å². The van der Waals surface area contributed by atoms with Crippen molar-refractivity contribution in [2.24, 2.45) is 5.41 Å². The average molecular weight is 286 g/mol. The minimum absolute atomic E-state index is 0.492. The first kappa shape index (κ1) is 15.1. The highest BCUT2D eigenvalue weighted by molar-refractivity contribution is 5.34. The maximum Gasteiger partial charge on any atom is 0.0481 e. The molecule has 0 radical (unpaired) electrons. The van der Waals surface area contributed by atoms with Crippen molar-refractivity contribution < 1.29 is 0 Å². The van der Waals surface area contributed by atoms with E-state index < -0.39 is 0 Å². The number of rotatable bonds is 4. The molecule has 2 heteroatoms. The van der Waals surface area contributed by atoms with Crippen molar-refractivity contribution in [1.82, 2.24) is 10.2 Å². The Hall–Kier alpha value is -0.860. The summed E-state index contributed by atoms with van der Waals surface area (Å²) in [5.41, 5.74) is 3.60. The zero-order chi connectivity index (χ0) is 14.9. The van der Waals surface area contributed by atoms with E-state index in [9.17, 15) is 0 Å². The van der Waals surface area contributed by atoms with Crippen LogP contribution in [0.5, 0.6) is 0 Å². The molecule has 116 valence electrons. The molecule has 2 nitrogen and oxygen atoms in total. The summed E-state index contributed by atoms with van der Waals surface area (Å²) in [5, 5.41) is 3.84. The number of nitrogens with one attached hydrogen (secondary N) is 1. The molecule has 0 aromatic heterocycles. The molecular weight excluding hydrogens is 256 g/mol. The SMILES string of the molecule is CCCNC1c2ccccc2CCC1N1CCC(C)(C)C1. The molecule has 2 aliphatic rings. The van der Waals surface area contributed by atoms with Gasteiger partial charge in [-0.3, -0.25) is 4.90 Å². The fourth-order valence-electron chi connectivity index (χ4n) is 4.12. The van der Waals surface area contributed by atoms with Crippen LogP contribution >= 0.6 is 0 Å². The van der Waals surface area contributed by atoms with Crippen LogP contribution in [0.1, 0.15) is 57.2 Å². The molecule has 21 heavy (non-hydrogen) atoms. The number of fused-ring (bicyclic) bond motifs is 1. The van der Waals surface area contributed by atoms with Crippen molar-refractivity contribution in [3.63, 3.8) is 0 Å². The lowest BCUT2D eigenvalue weighted by Crippen LogP contribution is -2.47. The summed E-state index contributed by atoms with van der Waals surface area (Å²) in [7, 11) is 0. The number of hydrogen-bond donors (Lipinski definition) is 1. The second kappa shape index (κ2) is 6.10. The van der Waals surface area contributed by atoms with Crippen LogP contribution < -0.4 is 5.32 Å². The molecule has 1 aliphatic heterocycles. The van der Waals surface area contributed by atoms with Crippen molar-refractivity contribution in [2.45, 2.75) is 58.5 Å². The summed E-state index contributed by atoms with van der Waals surface area (Å²) in [6, 6.07) is 10.2. The largest absolute Gasteiger partial charge is 0.309 e. The molecule has 1 aromatic carbocycles. The molecule has 2 atom stereocenters. The third-order valence-electron chi connectivity index (χ3n) is 5.27. The van der Waals surface area contributed by atoms with Crippen LogP contribution in [-0.4, -0.2) is 30.6 Å². The topological polar surface area (TPSA) is 15.3 Å². The van der Waals surface area contributed by atoms with Gasteiger partial charge in [-0.05, 0) is 55.3 Å². The van der Waals surface area contributed by atoms with Gasteiger partial charge in [-0.15, -0.1) is 0 Å². The second-order valence-corrected chi connectivity index (χ2v) is 7.62. The van der Waals surface area contributed by atoms with E-state index in [0.29, 0.717) is 17.5 Å². The van der Waals surface area contributed by atoms with E-state index >= 15 is 0 Å². The molecule has 1 heterocycles. The van der Waals surface area contributed by atoms with E-state index in [1.807, 2.05) is 0 Å². The van der Waals surface area contributed by atoms with Gasteiger partial charge >= 0.3 is 0 Å². The van der Waals surface area contributed by atoms with Crippen LogP contribution in [0.25, 0.3) is 0 Å². The van der Waals surface area contributed by atoms with Crippen LogP contribution in [-0.2, 0) is 6.42 Å². The second-order valence-electron chi connectivity index (χ2n) is 7.62. The van der Waals surface area contributed by atoms with Crippen LogP contribution in [0.15, 0.2) is 24.3 Å². The molecule has 2 unspecified atom stereocenters. The van der Waals surface area contributed by atoms with E-state index in [1.165, 1.54) is 38.8 Å². The average Bonchev–Trinajstić information content (AvgIpc) is 2.84. The van der Waals surface area contributed by atoms with Crippen molar-refractivity contribution >= 4 is 0 Å². The van der Waals surface area contributed by atoms with E-state index in [4.69, 9.17) is 0 Å². The summed E-state index contributed by atoms with van der Waals surface area (Å²) in [6.07, 6.45) is 5.08. The minimum Gasteiger partial charge on any atom is -0.309 e. The van der Waals surface area contributed by atoms with Gasteiger partial charge in [-0.1, -0.05) is 45.0 Å². The molecule has 1 saturated heterocycles. The van der Waals surface area contributed by atoms with Gasteiger partial charge in [0.2, 0.25) is 0 Å². The van der Waals surface area contributed by atoms with E-state index in [2.05, 4.69) is 55.3 Å². The summed E-state index contributed by atoms with van der Waals surface area (Å²) < 4.78 is 0. The Morgan fingerprint density at radius 1 is 1.29 bits per heavy atom. The van der Waals surface area contributed by atoms with Crippen LogP contribution in [0.4, 0.5) is 0 Å². The molecule has 1 aliphatic carbocycles. The Labute approximate surface area is 129 Å². The first-order valence-corrected chi connectivity index (χ1v) is 8.66. The highest BCUT2D eigenvalue weighted by Gasteiger charge is 2.38. The molecule has 1 aromatic rings. The van der Waals surface area contributed by atoms with Crippen LogP contribution in [0, 0.1) is 5.41 Å². The lowest BCUT2D eigenvalue weighted by molar-refractivity contribution is 0.157. The molecule has 0 spiro atoms. The van der Waals surface area contributed by atoms with Crippen molar-refractivity contribution in [1.29, 1.82) is 0 Å². The third-order valence-corrected chi connectivity index (χ3v) is 5.27. The Kier molecular flexibility index (Phi) is 4.37. The predicted molar refractivity (Wildman–Crippen MR) is 89.6 cm³/mol. The van der Waals surface area contributed by atoms with Crippen LogP contribution in [0.2, 0.25) is 0 Å². The molecular formula is C19H30N2. The molecule has 0 amide bonds. The molecule has 0 bridgehead atoms. The third kappa shape index (κ3) is 3.17. The Morgan fingerprint density at radius 2 is 2.10 bits per heavy atom. The standard InChI is InChI=1S/C19H30N2/c1-4-12-20-18-16-8-6-5-7-15(16)9-10-17(18)21-13-11-19(2,3)14-21/h5-8,17-18,20H,4,9-14H2,1-3H3. The maximum atomic E-state index is 3.84. The minimum atomic E-state index is 0.492. The summed E-state index contributed by atoms with van der Waals surface area (Å²) in [6.45, 7) is 10.7. The first-order chi connectivity index (χ1) is 10.1. The van der Waals surface area contributed by atoms with Gasteiger partial charge in [0.05, 0.1) is 0 Å². The first-order valence-electron chi connectivity index (χ1n) is 8.66. The van der Waals surface area contributed by atoms with Gasteiger partial charge in [-0.2, -0.15) is 0 Å². The Bertz CT molecular complexity index is 480. The molecule has 1 fully saturated rings. The van der Waals surface area contributed by atoms with Gasteiger partial charge in [0.25, 0.3) is 0 Å². The number of nitrogens with zero attached hydrogens (tertiary/aromatic N) is 1. The quantitative estimate of drug-likeness (QED) is 0.906. The van der Waals surface area contributed by atoms with E-state index in [-0.39, 0.29) is 0 Å². The monoisotopic (exact) mass is 286 g/mol. The molecule has 1 N–H and O–H groups in total. The van der Waals surface area contributed by atoms with Gasteiger partial charge in [-0.25, -0.2) is 0 Å². The van der Waals surface area contributed by atoms with Gasteiger partial charge in [0.15, 0.2) is 0 Å². The molecule has 3 rings (SSSR count). The fourth-order valence-corrected chi connectivity index (χ4v) is 4.12. The normalized spacial score (nSPS) is 28.5. The van der Waals surface area contributed by atoms with Crippen LogP contribution in [0.3, 0.4) is 0 Å². The zero-order valence-electron chi connectivity index (χ0n) is 13.9. The van der Waals surface area contributed by atoms with Gasteiger partial charge < -0.3 is 5.32 Å². The Balaban J connectivity index is 1.83. The number of hydrogen-bond acceptors (Lipinski definition) is 2. The fraction of sp³-hybridized carbons (Fsp3) is 0.684. The Morgan fingerprint density at radius 3 is 2.81 bits per heavy atom. The number of benzene rings is 1. The van der Waals surface area contributed by atoms with E-state index in [0.717, 1.165) is 6.54 Å². The van der Waals surface area contributed by atoms with Crippen molar-refractivity contribution in [2.75, 3.05) is 19.6 Å². The molecule has 0 saturated carbocycles. The predicted octanol–water partition coefficient (Wildman–Crippen LogP) is 3.77. The summed E-state index contributed by atoms with van der Waals surface area (Å²) in [5.74, 6) is 0. The zero-order valence-corrected chi connectivity index (χ0v) is 13.9. The number of likely N-dealkylation sites (tertiary alicyclic amines) is 1. The highest BCUT2D eigenvalue weighted by atomic mass is 15.2. The van der Waals surface area contributed by atoms with Gasteiger partial charge in [0.1, 0.15) is 0 Å². The summed E-state index contributed by atoms with van der Waals surface area (Å²) >= 11 is 0.